The molecule has 0 aromatic heterocycles. The van der Waals surface area contributed by atoms with Crippen LogP contribution < -0.4 is 5.32 Å². The van der Waals surface area contributed by atoms with Gasteiger partial charge in [0.05, 0.1) is 4.24 Å². The van der Waals surface area contributed by atoms with Crippen LogP contribution in [0.2, 0.25) is 10.0 Å². The Kier molecular flexibility index (Phi) is 6.12. The first-order chi connectivity index (χ1) is 12.0. The smallest absolute Gasteiger partial charge is 0.288 e. The van der Waals surface area contributed by atoms with E-state index in [1.165, 1.54) is 17.8 Å². The highest BCUT2D eigenvalue weighted by Gasteiger charge is 2.24. The number of halogens is 2. The highest BCUT2D eigenvalue weighted by molar-refractivity contribution is 8.29. The number of thioether (sulfide) groups is 2. The minimum atomic E-state index is -0.245. The van der Waals surface area contributed by atoms with E-state index in [0.29, 0.717) is 26.4 Å². The number of amides is 1. The van der Waals surface area contributed by atoms with E-state index < -0.39 is 0 Å². The molecule has 128 valence electrons. The van der Waals surface area contributed by atoms with Crippen molar-refractivity contribution in [2.45, 2.75) is 11.7 Å². The SMILES string of the molecule is O=C1C=C(SC(=O)Nc2ccc(Cl)cc2)SC(c2ccc(Cl)cc2)C1. The first-order valence-corrected chi connectivity index (χ1v) is 9.86. The van der Waals surface area contributed by atoms with Crippen molar-refractivity contribution in [3.63, 3.8) is 0 Å². The molecule has 1 atom stereocenters. The number of nitrogens with one attached hydrogen (secondary N) is 1. The van der Waals surface area contributed by atoms with Gasteiger partial charge in [-0.15, -0.1) is 11.8 Å². The van der Waals surface area contributed by atoms with E-state index in [0.717, 1.165) is 17.3 Å². The average Bonchev–Trinajstić information content (AvgIpc) is 2.57. The summed E-state index contributed by atoms with van der Waals surface area (Å²) in [7, 11) is 0. The zero-order valence-electron chi connectivity index (χ0n) is 12.9. The van der Waals surface area contributed by atoms with Gasteiger partial charge in [0.15, 0.2) is 5.78 Å². The summed E-state index contributed by atoms with van der Waals surface area (Å²) in [6, 6.07) is 14.3. The van der Waals surface area contributed by atoms with Crippen molar-refractivity contribution in [1.29, 1.82) is 0 Å². The van der Waals surface area contributed by atoms with E-state index in [1.807, 2.05) is 12.1 Å². The Labute approximate surface area is 164 Å². The van der Waals surface area contributed by atoms with Gasteiger partial charge in [0.25, 0.3) is 5.24 Å². The molecule has 0 spiro atoms. The first-order valence-electron chi connectivity index (χ1n) is 7.40. The fraction of sp³-hybridized carbons (Fsp3) is 0.111. The van der Waals surface area contributed by atoms with Crippen LogP contribution >= 0.6 is 46.7 Å². The number of anilines is 1. The molecule has 1 unspecified atom stereocenters. The summed E-state index contributed by atoms with van der Waals surface area (Å²) in [5.41, 5.74) is 1.68. The molecule has 3 rings (SSSR count). The fourth-order valence-corrected chi connectivity index (χ4v) is 4.86. The number of hydrogen-bond acceptors (Lipinski definition) is 4. The highest BCUT2D eigenvalue weighted by Crippen LogP contribution is 2.46. The van der Waals surface area contributed by atoms with Gasteiger partial charge in [-0.1, -0.05) is 35.3 Å². The Morgan fingerprint density at radius 2 is 1.64 bits per heavy atom. The molecule has 0 saturated carbocycles. The third-order valence-electron chi connectivity index (χ3n) is 3.45. The van der Waals surface area contributed by atoms with E-state index in [4.69, 9.17) is 23.2 Å². The highest BCUT2D eigenvalue weighted by atomic mass is 35.5. The van der Waals surface area contributed by atoms with Crippen LogP contribution in [-0.4, -0.2) is 11.0 Å². The molecular formula is C18H13Cl2NO2S2. The van der Waals surface area contributed by atoms with Gasteiger partial charge in [-0.05, 0) is 53.7 Å². The van der Waals surface area contributed by atoms with Crippen molar-refractivity contribution in [3.8, 4) is 0 Å². The molecule has 3 nitrogen and oxygen atoms in total. The number of rotatable bonds is 3. The van der Waals surface area contributed by atoms with E-state index >= 15 is 0 Å². The lowest BCUT2D eigenvalue weighted by Gasteiger charge is -2.21. The number of allylic oxidation sites excluding steroid dienone is 1. The van der Waals surface area contributed by atoms with Gasteiger partial charge in [0.2, 0.25) is 0 Å². The fourth-order valence-electron chi connectivity index (χ4n) is 2.27. The molecule has 2 aromatic rings. The van der Waals surface area contributed by atoms with Gasteiger partial charge in [0.1, 0.15) is 0 Å². The Hall–Kier alpha value is -1.40. The van der Waals surface area contributed by atoms with Crippen LogP contribution in [0.15, 0.2) is 58.8 Å². The summed E-state index contributed by atoms with van der Waals surface area (Å²) in [6.07, 6.45) is 1.94. The van der Waals surface area contributed by atoms with Crippen molar-refractivity contribution in [1.82, 2.24) is 0 Å². The summed E-state index contributed by atoms with van der Waals surface area (Å²) in [4.78, 5) is 24.2. The Bertz CT molecular complexity index is 820. The second kappa shape index (κ2) is 8.32. The number of carbonyl (C=O) groups is 2. The van der Waals surface area contributed by atoms with Gasteiger partial charge >= 0.3 is 0 Å². The third-order valence-corrected chi connectivity index (χ3v) is 6.17. The first kappa shape index (κ1) is 18.4. The molecule has 25 heavy (non-hydrogen) atoms. The van der Waals surface area contributed by atoms with Crippen LogP contribution in [0.1, 0.15) is 17.2 Å². The van der Waals surface area contributed by atoms with Crippen LogP contribution in [-0.2, 0) is 4.79 Å². The van der Waals surface area contributed by atoms with Crippen LogP contribution in [0.3, 0.4) is 0 Å². The van der Waals surface area contributed by atoms with Gasteiger partial charge in [-0.3, -0.25) is 9.59 Å². The maximum Gasteiger partial charge on any atom is 0.288 e. The zero-order chi connectivity index (χ0) is 17.8. The quantitative estimate of drug-likeness (QED) is 0.624. The van der Waals surface area contributed by atoms with Crippen LogP contribution in [0.25, 0.3) is 0 Å². The third kappa shape index (κ3) is 5.28. The maximum atomic E-state index is 12.2. The standard InChI is InChI=1S/C18H13Cl2NO2S2/c19-12-3-1-11(2-4-12)16-9-15(22)10-17(24-16)25-18(23)21-14-7-5-13(20)6-8-14/h1-8,10,16H,9H2,(H,21,23). The van der Waals surface area contributed by atoms with E-state index in [-0.39, 0.29) is 16.3 Å². The van der Waals surface area contributed by atoms with Crippen LogP contribution in [0, 0.1) is 0 Å². The molecular weight excluding hydrogens is 397 g/mol. The van der Waals surface area contributed by atoms with E-state index in [9.17, 15) is 9.59 Å². The Balaban J connectivity index is 1.65. The summed E-state index contributed by atoms with van der Waals surface area (Å²) >= 11 is 14.3. The van der Waals surface area contributed by atoms with Crippen molar-refractivity contribution in [2.75, 3.05) is 5.32 Å². The van der Waals surface area contributed by atoms with Crippen LogP contribution in [0.4, 0.5) is 10.5 Å². The molecule has 1 aliphatic heterocycles. The van der Waals surface area contributed by atoms with Crippen LogP contribution in [0.5, 0.6) is 0 Å². The largest absolute Gasteiger partial charge is 0.317 e. The normalized spacial score (nSPS) is 17.1. The van der Waals surface area contributed by atoms with Crippen molar-refractivity contribution < 1.29 is 9.59 Å². The second-order valence-electron chi connectivity index (χ2n) is 5.31. The lowest BCUT2D eigenvalue weighted by Crippen LogP contribution is -2.10. The number of hydrogen-bond donors (Lipinski definition) is 1. The number of benzene rings is 2. The number of carbonyl (C=O) groups excluding carboxylic acids is 2. The summed E-state index contributed by atoms with van der Waals surface area (Å²) in [6.45, 7) is 0. The molecule has 1 heterocycles. The van der Waals surface area contributed by atoms with Gasteiger partial charge < -0.3 is 5.32 Å². The molecule has 1 amide bonds. The average molecular weight is 410 g/mol. The maximum absolute atomic E-state index is 12.2. The molecule has 1 aliphatic rings. The van der Waals surface area contributed by atoms with Gasteiger partial charge in [-0.25, -0.2) is 0 Å². The predicted molar refractivity (Wildman–Crippen MR) is 108 cm³/mol. The minimum absolute atomic E-state index is 0.0133. The Morgan fingerprint density at radius 3 is 2.28 bits per heavy atom. The summed E-state index contributed by atoms with van der Waals surface area (Å²) in [5, 5.41) is 3.78. The monoisotopic (exact) mass is 409 g/mol. The molecule has 7 heteroatoms. The summed E-state index contributed by atoms with van der Waals surface area (Å²) in [5.74, 6) is 0.0143. The van der Waals surface area contributed by atoms with Crippen molar-refractivity contribution >= 4 is 63.4 Å². The molecule has 2 aromatic carbocycles. The van der Waals surface area contributed by atoms with Gasteiger partial charge in [-0.2, -0.15) is 0 Å². The molecule has 0 saturated heterocycles. The summed E-state index contributed by atoms with van der Waals surface area (Å²) < 4.78 is 0.683. The lowest BCUT2D eigenvalue weighted by atomic mass is 10.1. The molecule has 0 radical (unpaired) electrons. The van der Waals surface area contributed by atoms with Gasteiger partial charge in [0, 0.05) is 33.5 Å². The zero-order valence-corrected chi connectivity index (χ0v) is 16.0. The minimum Gasteiger partial charge on any atom is -0.317 e. The molecule has 0 bridgehead atoms. The van der Waals surface area contributed by atoms with Crippen molar-refractivity contribution in [3.05, 3.63) is 74.5 Å². The second-order valence-corrected chi connectivity index (χ2v) is 8.70. The molecule has 0 aliphatic carbocycles. The van der Waals surface area contributed by atoms with Crippen molar-refractivity contribution in [2.24, 2.45) is 0 Å². The Morgan fingerprint density at radius 1 is 1.04 bits per heavy atom. The molecule has 0 fully saturated rings. The lowest BCUT2D eigenvalue weighted by molar-refractivity contribution is -0.114. The van der Waals surface area contributed by atoms with E-state index in [1.54, 1.807) is 36.4 Å². The van der Waals surface area contributed by atoms with E-state index in [2.05, 4.69) is 5.32 Å². The molecule has 1 N–H and O–H groups in total. The topological polar surface area (TPSA) is 46.2 Å². The number of ketones is 1. The predicted octanol–water partition coefficient (Wildman–Crippen LogP) is 6.55.